The van der Waals surface area contributed by atoms with Crippen molar-refractivity contribution in [3.63, 3.8) is 0 Å². The number of nitrogens with zero attached hydrogens (tertiary/aromatic N) is 5. The number of aromatic nitrogens is 3. The average Bonchev–Trinajstić information content (AvgIpc) is 3.63. The second kappa shape index (κ2) is 12.7. The highest BCUT2D eigenvalue weighted by atomic mass is 32.2. The molecular formula is C31H29F3N6O2S. The maximum Gasteiger partial charge on any atom is 0.573 e. The van der Waals surface area contributed by atoms with Gasteiger partial charge in [-0.2, -0.15) is 4.99 Å². The molecule has 12 heteroatoms. The number of hydrogen-bond acceptors (Lipinski definition) is 5. The fourth-order valence-corrected chi connectivity index (χ4v) is 5.43. The number of thioether (sulfide) groups is 1. The van der Waals surface area contributed by atoms with Crippen LogP contribution in [0.5, 0.6) is 5.75 Å². The number of hydrogen-bond donors (Lipinski definition) is 1. The number of urea groups is 1. The van der Waals surface area contributed by atoms with Crippen LogP contribution in [0.3, 0.4) is 0 Å². The normalized spacial score (nSPS) is 14.7. The number of alkyl halides is 3. The quantitative estimate of drug-likeness (QED) is 0.234. The zero-order valence-corrected chi connectivity index (χ0v) is 24.5. The van der Waals surface area contributed by atoms with Gasteiger partial charge in [0, 0.05) is 29.7 Å². The topological polar surface area (TPSA) is 84.6 Å². The zero-order valence-electron chi connectivity index (χ0n) is 23.7. The molecule has 1 N–H and O–H groups in total. The third-order valence-corrected chi connectivity index (χ3v) is 7.51. The Morgan fingerprint density at radius 2 is 1.84 bits per heavy atom. The molecule has 0 aliphatic carbocycles. The van der Waals surface area contributed by atoms with Gasteiger partial charge in [0.15, 0.2) is 11.0 Å². The molecule has 43 heavy (non-hydrogen) atoms. The van der Waals surface area contributed by atoms with Crippen LogP contribution in [0.2, 0.25) is 0 Å². The highest BCUT2D eigenvalue weighted by Gasteiger charge is 2.31. The van der Waals surface area contributed by atoms with Gasteiger partial charge in [0.1, 0.15) is 12.1 Å². The molecule has 8 nitrogen and oxygen atoms in total. The Hall–Kier alpha value is -4.58. The summed E-state index contributed by atoms with van der Waals surface area (Å²) in [5.41, 5.74) is 5.60. The number of ether oxygens (including phenoxy) is 1. The molecular weight excluding hydrogens is 577 g/mol. The number of rotatable bonds is 7. The lowest BCUT2D eigenvalue weighted by Gasteiger charge is -2.23. The number of halogens is 3. The van der Waals surface area contributed by atoms with Gasteiger partial charge in [0.25, 0.3) is 0 Å². The number of aryl methyl sites for hydroxylation is 1. The van der Waals surface area contributed by atoms with Crippen molar-refractivity contribution >= 4 is 34.7 Å². The Balaban J connectivity index is 1.20. The van der Waals surface area contributed by atoms with E-state index in [9.17, 15) is 18.0 Å². The van der Waals surface area contributed by atoms with E-state index in [4.69, 9.17) is 0 Å². The molecule has 0 unspecified atom stereocenters. The van der Waals surface area contributed by atoms with Gasteiger partial charge >= 0.3 is 12.4 Å². The molecule has 1 saturated heterocycles. The van der Waals surface area contributed by atoms with E-state index in [0.717, 1.165) is 34.7 Å². The van der Waals surface area contributed by atoms with E-state index >= 15 is 0 Å². The number of carbonyl (C=O) groups excluding carboxylic acids is 1. The molecule has 5 rings (SSSR count). The Kier molecular flexibility index (Phi) is 8.86. The number of amides is 2. The van der Waals surface area contributed by atoms with Crippen molar-refractivity contribution in [3.8, 4) is 22.8 Å². The van der Waals surface area contributed by atoms with E-state index in [1.165, 1.54) is 40.8 Å². The molecule has 1 aliphatic rings. The van der Waals surface area contributed by atoms with Gasteiger partial charge < -0.3 is 15.0 Å². The molecule has 1 aromatic heterocycles. The van der Waals surface area contributed by atoms with Crippen LogP contribution in [-0.2, 0) is 0 Å². The molecule has 1 aliphatic heterocycles. The van der Waals surface area contributed by atoms with Gasteiger partial charge in [-0.15, -0.1) is 18.3 Å². The SMILES string of the molecule is Cc1ccc(C(C)C)c(N2CCS/C2=N\C(=O)N/C=C/c2ccc(-c3ncn(-c4ccc(OC(F)(F)F)cc4)n3)cc2)c1. The lowest BCUT2D eigenvalue weighted by molar-refractivity contribution is -0.274. The standard InChI is InChI=1S/C31H29F3N6O2S/c1-20(2)26-13-4-21(3)18-27(26)39-16-17-43-30(39)37-29(41)35-15-14-22-5-7-23(8-6-22)28-36-19-40(38-28)24-9-11-25(12-10-24)42-31(32,33)34/h4-15,18-20H,16-17H2,1-3H3,(H,35,41)/b15-14+,37-30-. The molecule has 0 bridgehead atoms. The largest absolute Gasteiger partial charge is 0.573 e. The first kappa shape index (κ1) is 29.9. The van der Waals surface area contributed by atoms with Crippen molar-refractivity contribution < 1.29 is 22.7 Å². The molecule has 3 aromatic carbocycles. The highest BCUT2D eigenvalue weighted by molar-refractivity contribution is 8.14. The van der Waals surface area contributed by atoms with Crippen LogP contribution in [0, 0.1) is 6.92 Å². The van der Waals surface area contributed by atoms with E-state index in [1.54, 1.807) is 24.0 Å². The predicted octanol–water partition coefficient (Wildman–Crippen LogP) is 7.55. The maximum absolute atomic E-state index is 12.6. The fourth-order valence-electron chi connectivity index (χ4n) is 4.49. The van der Waals surface area contributed by atoms with Gasteiger partial charge in [-0.3, -0.25) is 0 Å². The third kappa shape index (κ3) is 7.63. The fraction of sp³-hybridized carbons (Fsp3) is 0.226. The van der Waals surface area contributed by atoms with Crippen molar-refractivity contribution in [1.82, 2.24) is 20.1 Å². The molecule has 0 spiro atoms. The summed E-state index contributed by atoms with van der Waals surface area (Å²) in [7, 11) is 0. The average molecular weight is 607 g/mol. The van der Waals surface area contributed by atoms with Crippen molar-refractivity contribution in [3.05, 3.63) is 95.9 Å². The van der Waals surface area contributed by atoms with Crippen molar-refractivity contribution in [2.24, 2.45) is 4.99 Å². The summed E-state index contributed by atoms with van der Waals surface area (Å²) in [6.07, 6.45) is 0.0396. The second-order valence-corrected chi connectivity index (χ2v) is 11.1. The van der Waals surface area contributed by atoms with Gasteiger partial charge in [-0.25, -0.2) is 14.5 Å². The highest BCUT2D eigenvalue weighted by Crippen LogP contribution is 2.33. The molecule has 0 radical (unpaired) electrons. The minimum absolute atomic E-state index is 0.314. The van der Waals surface area contributed by atoms with E-state index in [0.29, 0.717) is 22.6 Å². The van der Waals surface area contributed by atoms with Gasteiger partial charge in [-0.1, -0.05) is 62.0 Å². The van der Waals surface area contributed by atoms with Crippen molar-refractivity contribution in [2.45, 2.75) is 33.1 Å². The van der Waals surface area contributed by atoms with Crippen LogP contribution in [-0.4, -0.2) is 44.6 Å². The van der Waals surface area contributed by atoms with E-state index in [-0.39, 0.29) is 5.75 Å². The minimum atomic E-state index is -4.75. The summed E-state index contributed by atoms with van der Waals surface area (Å²) < 4.78 is 42.5. The zero-order chi connectivity index (χ0) is 30.6. The van der Waals surface area contributed by atoms with Gasteiger partial charge in [0.2, 0.25) is 0 Å². The summed E-state index contributed by atoms with van der Waals surface area (Å²) in [4.78, 5) is 23.4. The Morgan fingerprint density at radius 1 is 1.09 bits per heavy atom. The Bertz CT molecular complexity index is 1650. The number of carbonyl (C=O) groups is 1. The summed E-state index contributed by atoms with van der Waals surface area (Å²) in [6.45, 7) is 7.16. The number of anilines is 1. The number of amidine groups is 1. The Morgan fingerprint density at radius 3 is 2.53 bits per heavy atom. The van der Waals surface area contributed by atoms with Gasteiger partial charge in [-0.05, 0) is 65.9 Å². The molecule has 1 fully saturated rings. The molecule has 0 atom stereocenters. The van der Waals surface area contributed by atoms with Gasteiger partial charge in [0.05, 0.1) is 5.69 Å². The van der Waals surface area contributed by atoms with Crippen LogP contribution in [0.1, 0.15) is 36.5 Å². The van der Waals surface area contributed by atoms with Crippen molar-refractivity contribution in [1.29, 1.82) is 0 Å². The second-order valence-electron chi connectivity index (χ2n) is 10.1. The summed E-state index contributed by atoms with van der Waals surface area (Å²) in [5.74, 6) is 1.34. The van der Waals surface area contributed by atoms with Crippen LogP contribution in [0.4, 0.5) is 23.7 Å². The number of aliphatic imine (C=N–C) groups is 1. The van der Waals surface area contributed by atoms with E-state index in [2.05, 4.69) is 69.0 Å². The lowest BCUT2D eigenvalue weighted by atomic mass is 9.99. The molecule has 4 aromatic rings. The third-order valence-electron chi connectivity index (χ3n) is 6.55. The monoisotopic (exact) mass is 606 g/mol. The molecule has 2 amide bonds. The first-order valence-electron chi connectivity index (χ1n) is 13.5. The number of benzene rings is 3. The smallest absolute Gasteiger partial charge is 0.406 e. The van der Waals surface area contributed by atoms with Crippen LogP contribution >= 0.6 is 11.8 Å². The van der Waals surface area contributed by atoms with E-state index < -0.39 is 12.4 Å². The minimum Gasteiger partial charge on any atom is -0.406 e. The molecule has 222 valence electrons. The van der Waals surface area contributed by atoms with Crippen molar-refractivity contribution in [2.75, 3.05) is 17.2 Å². The summed E-state index contributed by atoms with van der Waals surface area (Å²) >= 11 is 1.56. The Labute approximate surface area is 251 Å². The van der Waals surface area contributed by atoms with Crippen LogP contribution in [0.25, 0.3) is 23.2 Å². The number of nitrogens with one attached hydrogen (secondary N) is 1. The summed E-state index contributed by atoms with van der Waals surface area (Å²) in [5, 5.41) is 7.81. The first-order valence-corrected chi connectivity index (χ1v) is 14.5. The summed E-state index contributed by atoms with van der Waals surface area (Å²) in [6, 6.07) is 18.7. The van der Waals surface area contributed by atoms with Crippen LogP contribution < -0.4 is 15.0 Å². The first-order chi connectivity index (χ1) is 20.6. The van der Waals surface area contributed by atoms with Crippen LogP contribution in [0.15, 0.2) is 84.2 Å². The van der Waals surface area contributed by atoms with E-state index in [1.807, 2.05) is 24.3 Å². The lowest BCUT2D eigenvalue weighted by Crippen LogP contribution is -2.27. The molecule has 2 heterocycles. The predicted molar refractivity (Wildman–Crippen MR) is 164 cm³/mol. The maximum atomic E-state index is 12.6. The molecule has 0 saturated carbocycles.